The average Bonchev–Trinajstić information content (AvgIpc) is 2.72. The standard InChI is InChI=1S/C22H18N2O2S/c1-15(25)14-27-22-20(13-23)19(16-8-10-18(26-2)11-9-16)12-21(24-22)17-6-4-3-5-7-17/h3-12H,14H2,1-2H3. The summed E-state index contributed by atoms with van der Waals surface area (Å²) in [5.74, 6) is 1.07. The molecule has 0 spiro atoms. The van der Waals surface area contributed by atoms with Crippen LogP contribution in [0, 0.1) is 11.3 Å². The molecule has 0 fully saturated rings. The van der Waals surface area contributed by atoms with E-state index in [0.717, 1.165) is 28.1 Å². The fraction of sp³-hybridized carbons (Fsp3) is 0.136. The molecule has 0 atom stereocenters. The molecular formula is C22H18N2O2S. The molecule has 3 rings (SSSR count). The van der Waals surface area contributed by atoms with Crippen LogP contribution in [-0.4, -0.2) is 23.6 Å². The summed E-state index contributed by atoms with van der Waals surface area (Å²) in [7, 11) is 1.62. The van der Waals surface area contributed by atoms with Crippen molar-refractivity contribution < 1.29 is 9.53 Å². The third-order valence-corrected chi connectivity index (χ3v) is 5.10. The maximum absolute atomic E-state index is 11.5. The minimum absolute atomic E-state index is 0.0433. The van der Waals surface area contributed by atoms with Crippen LogP contribution in [0.2, 0.25) is 0 Å². The maximum atomic E-state index is 11.5. The predicted molar refractivity (Wildman–Crippen MR) is 108 cm³/mol. The van der Waals surface area contributed by atoms with E-state index in [1.807, 2.05) is 60.7 Å². The molecule has 0 amide bonds. The summed E-state index contributed by atoms with van der Waals surface area (Å²) in [6.45, 7) is 1.53. The monoisotopic (exact) mass is 374 g/mol. The number of Topliss-reactive ketones (excluding diaryl/α,β-unsaturated/α-hetero) is 1. The van der Waals surface area contributed by atoms with Gasteiger partial charge in [-0.2, -0.15) is 5.26 Å². The van der Waals surface area contributed by atoms with Crippen LogP contribution in [0.4, 0.5) is 0 Å². The molecule has 0 saturated carbocycles. The smallest absolute Gasteiger partial charge is 0.140 e. The second-order valence-electron chi connectivity index (χ2n) is 5.93. The second kappa shape index (κ2) is 8.52. The van der Waals surface area contributed by atoms with E-state index >= 15 is 0 Å². The van der Waals surface area contributed by atoms with Gasteiger partial charge in [0.05, 0.1) is 24.1 Å². The molecule has 27 heavy (non-hydrogen) atoms. The topological polar surface area (TPSA) is 63.0 Å². The van der Waals surface area contributed by atoms with Gasteiger partial charge >= 0.3 is 0 Å². The first kappa shape index (κ1) is 18.7. The van der Waals surface area contributed by atoms with Crippen LogP contribution in [-0.2, 0) is 4.79 Å². The van der Waals surface area contributed by atoms with Crippen molar-refractivity contribution in [1.82, 2.24) is 4.98 Å². The number of nitrogens with zero attached hydrogens (tertiary/aromatic N) is 2. The lowest BCUT2D eigenvalue weighted by Crippen LogP contribution is -1.99. The number of hydrogen-bond acceptors (Lipinski definition) is 5. The Morgan fingerprint density at radius 1 is 1.11 bits per heavy atom. The molecule has 0 saturated heterocycles. The first-order chi connectivity index (χ1) is 13.1. The molecule has 0 unspecified atom stereocenters. The van der Waals surface area contributed by atoms with Gasteiger partial charge in [-0.25, -0.2) is 4.98 Å². The van der Waals surface area contributed by atoms with E-state index in [2.05, 4.69) is 11.1 Å². The zero-order valence-corrected chi connectivity index (χ0v) is 15.9. The highest BCUT2D eigenvalue weighted by atomic mass is 32.2. The van der Waals surface area contributed by atoms with Crippen LogP contribution in [0.3, 0.4) is 0 Å². The van der Waals surface area contributed by atoms with Crippen LogP contribution in [0.25, 0.3) is 22.4 Å². The lowest BCUT2D eigenvalue weighted by atomic mass is 9.99. The molecule has 5 heteroatoms. The first-order valence-corrected chi connectivity index (χ1v) is 9.38. The van der Waals surface area contributed by atoms with E-state index in [1.54, 1.807) is 7.11 Å². The number of methoxy groups -OCH3 is 1. The molecule has 2 aromatic carbocycles. The Morgan fingerprint density at radius 3 is 2.41 bits per heavy atom. The number of pyridine rings is 1. The number of rotatable bonds is 6. The van der Waals surface area contributed by atoms with Gasteiger partial charge in [-0.1, -0.05) is 54.2 Å². The Kier molecular flexibility index (Phi) is 5.90. The molecule has 1 aromatic heterocycles. The third-order valence-electron chi connectivity index (χ3n) is 3.98. The lowest BCUT2D eigenvalue weighted by molar-refractivity contribution is -0.114. The van der Waals surface area contributed by atoms with Crippen molar-refractivity contribution in [1.29, 1.82) is 5.26 Å². The van der Waals surface area contributed by atoms with Crippen LogP contribution < -0.4 is 4.74 Å². The predicted octanol–water partition coefficient (Wildman–Crippen LogP) is 4.98. The first-order valence-electron chi connectivity index (χ1n) is 8.39. The van der Waals surface area contributed by atoms with Gasteiger partial charge < -0.3 is 4.74 Å². The summed E-state index contributed by atoms with van der Waals surface area (Å²) >= 11 is 1.30. The summed E-state index contributed by atoms with van der Waals surface area (Å²) in [6.07, 6.45) is 0. The molecule has 0 aliphatic rings. The van der Waals surface area contributed by atoms with Crippen molar-refractivity contribution in [3.63, 3.8) is 0 Å². The summed E-state index contributed by atoms with van der Waals surface area (Å²) in [4.78, 5) is 16.1. The molecule has 3 aromatic rings. The molecule has 0 aliphatic carbocycles. The van der Waals surface area contributed by atoms with Gasteiger partial charge in [0.25, 0.3) is 0 Å². The van der Waals surface area contributed by atoms with E-state index in [0.29, 0.717) is 10.6 Å². The van der Waals surface area contributed by atoms with Crippen LogP contribution in [0.1, 0.15) is 12.5 Å². The Morgan fingerprint density at radius 2 is 1.81 bits per heavy atom. The fourth-order valence-electron chi connectivity index (χ4n) is 2.66. The summed E-state index contributed by atoms with van der Waals surface area (Å²) in [5, 5.41) is 10.3. The number of nitriles is 1. The van der Waals surface area contributed by atoms with Gasteiger partial charge in [0.2, 0.25) is 0 Å². The highest BCUT2D eigenvalue weighted by Gasteiger charge is 2.16. The molecule has 134 valence electrons. The Hall–Kier alpha value is -3.10. The summed E-state index contributed by atoms with van der Waals surface area (Å²) < 4.78 is 5.22. The quantitative estimate of drug-likeness (QED) is 0.570. The Balaban J connectivity index is 2.18. The van der Waals surface area contributed by atoms with Gasteiger partial charge in [-0.05, 0) is 30.7 Å². The molecule has 0 bridgehead atoms. The highest BCUT2D eigenvalue weighted by molar-refractivity contribution is 8.00. The Labute approximate surface area is 162 Å². The van der Waals surface area contributed by atoms with E-state index < -0.39 is 0 Å². The molecule has 0 radical (unpaired) electrons. The molecule has 1 heterocycles. The average molecular weight is 374 g/mol. The van der Waals surface area contributed by atoms with Crippen LogP contribution in [0.15, 0.2) is 65.7 Å². The highest BCUT2D eigenvalue weighted by Crippen LogP contribution is 2.34. The number of thioether (sulfide) groups is 1. The number of carbonyl (C=O) groups is 1. The van der Waals surface area contributed by atoms with Gasteiger partial charge in [-0.3, -0.25) is 4.79 Å². The number of carbonyl (C=O) groups excluding carboxylic acids is 1. The van der Waals surface area contributed by atoms with E-state index in [9.17, 15) is 10.1 Å². The van der Waals surface area contributed by atoms with Crippen molar-refractivity contribution in [2.75, 3.05) is 12.9 Å². The number of benzene rings is 2. The van der Waals surface area contributed by atoms with E-state index in [4.69, 9.17) is 4.74 Å². The number of ketones is 1. The third kappa shape index (κ3) is 4.36. The van der Waals surface area contributed by atoms with Crippen molar-refractivity contribution in [3.05, 3.63) is 66.2 Å². The van der Waals surface area contributed by atoms with Crippen molar-refractivity contribution in [2.45, 2.75) is 11.9 Å². The minimum atomic E-state index is 0.0433. The fourth-order valence-corrected chi connectivity index (χ4v) is 3.46. The maximum Gasteiger partial charge on any atom is 0.140 e. The lowest BCUT2D eigenvalue weighted by Gasteiger charge is -2.12. The summed E-state index contributed by atoms with van der Waals surface area (Å²) in [6, 6.07) is 21.6. The normalized spacial score (nSPS) is 10.3. The Bertz CT molecular complexity index is 993. The van der Waals surface area contributed by atoms with E-state index in [1.165, 1.54) is 18.7 Å². The van der Waals surface area contributed by atoms with Gasteiger partial charge in [0, 0.05) is 11.1 Å². The van der Waals surface area contributed by atoms with Gasteiger partial charge in [-0.15, -0.1) is 0 Å². The molecular weight excluding hydrogens is 356 g/mol. The molecule has 0 N–H and O–H groups in total. The van der Waals surface area contributed by atoms with Crippen LogP contribution >= 0.6 is 11.8 Å². The zero-order valence-electron chi connectivity index (χ0n) is 15.1. The van der Waals surface area contributed by atoms with E-state index in [-0.39, 0.29) is 11.5 Å². The van der Waals surface area contributed by atoms with Gasteiger partial charge in [0.15, 0.2) is 0 Å². The number of aromatic nitrogens is 1. The van der Waals surface area contributed by atoms with Crippen molar-refractivity contribution in [2.24, 2.45) is 0 Å². The molecule has 4 nitrogen and oxygen atoms in total. The van der Waals surface area contributed by atoms with Gasteiger partial charge in [0.1, 0.15) is 22.6 Å². The van der Waals surface area contributed by atoms with Crippen LogP contribution in [0.5, 0.6) is 5.75 Å². The molecule has 0 aliphatic heterocycles. The second-order valence-corrected chi connectivity index (χ2v) is 6.90. The van der Waals surface area contributed by atoms with Crippen molar-refractivity contribution in [3.8, 4) is 34.2 Å². The zero-order chi connectivity index (χ0) is 19.2. The van der Waals surface area contributed by atoms with Crippen molar-refractivity contribution >= 4 is 17.5 Å². The number of ether oxygens (including phenoxy) is 1. The SMILES string of the molecule is COc1ccc(-c2cc(-c3ccccc3)nc(SCC(C)=O)c2C#N)cc1. The summed E-state index contributed by atoms with van der Waals surface area (Å²) in [5.41, 5.74) is 3.90. The largest absolute Gasteiger partial charge is 0.497 e. The minimum Gasteiger partial charge on any atom is -0.497 e. The number of hydrogen-bond donors (Lipinski definition) is 0.